The Kier molecular flexibility index (Phi) is 3.51. The number of aryl methyl sites for hydroxylation is 2. The lowest BCUT2D eigenvalue weighted by atomic mass is 10.1. The van der Waals surface area contributed by atoms with Crippen LogP contribution in [0.4, 0.5) is 11.4 Å². The second-order valence-corrected chi connectivity index (χ2v) is 5.29. The number of hydrogen-bond acceptors (Lipinski definition) is 3. The van der Waals surface area contributed by atoms with Gasteiger partial charge in [0, 0.05) is 22.5 Å². The van der Waals surface area contributed by atoms with Crippen molar-refractivity contribution < 1.29 is 9.90 Å². The van der Waals surface area contributed by atoms with Gasteiger partial charge in [-0.25, -0.2) is 4.79 Å². The molecule has 0 aliphatic heterocycles. The molecule has 0 atom stereocenters. The number of rotatable bonds is 3. The summed E-state index contributed by atoms with van der Waals surface area (Å²) in [7, 11) is 0. The summed E-state index contributed by atoms with van der Waals surface area (Å²) in [6, 6.07) is 14.8. The number of nitrogens with zero attached hydrogens (tertiary/aromatic N) is 1. The highest BCUT2D eigenvalue weighted by molar-refractivity contribution is 5.95. The fraction of sp³-hybridized carbons (Fsp3) is 0.111. The minimum atomic E-state index is -0.935. The van der Waals surface area contributed by atoms with Crippen LogP contribution in [0, 0.1) is 13.8 Å². The van der Waals surface area contributed by atoms with E-state index in [1.165, 1.54) is 0 Å². The summed E-state index contributed by atoms with van der Waals surface area (Å²) in [5.41, 5.74) is 4.92. The maximum atomic E-state index is 11.1. The first-order valence-corrected chi connectivity index (χ1v) is 7.02. The van der Waals surface area contributed by atoms with Gasteiger partial charge in [-0.2, -0.15) is 0 Å². The number of nitrogens with one attached hydrogen (secondary N) is 1. The van der Waals surface area contributed by atoms with Crippen LogP contribution < -0.4 is 5.32 Å². The third kappa shape index (κ3) is 2.63. The number of aromatic nitrogens is 1. The molecular weight excluding hydrogens is 276 g/mol. The summed E-state index contributed by atoms with van der Waals surface area (Å²) in [5.74, 6) is -0.935. The van der Waals surface area contributed by atoms with Crippen LogP contribution in [-0.2, 0) is 0 Å². The number of anilines is 2. The smallest absolute Gasteiger partial charge is 0.335 e. The maximum absolute atomic E-state index is 11.1. The van der Waals surface area contributed by atoms with Gasteiger partial charge in [0.25, 0.3) is 0 Å². The van der Waals surface area contributed by atoms with Crippen molar-refractivity contribution in [3.05, 3.63) is 65.4 Å². The van der Waals surface area contributed by atoms with Gasteiger partial charge in [-0.3, -0.25) is 4.98 Å². The van der Waals surface area contributed by atoms with Crippen molar-refractivity contribution in [2.75, 3.05) is 5.32 Å². The maximum Gasteiger partial charge on any atom is 0.335 e. The van der Waals surface area contributed by atoms with Crippen molar-refractivity contribution in [2.24, 2.45) is 0 Å². The summed E-state index contributed by atoms with van der Waals surface area (Å²) in [5, 5.41) is 13.4. The second-order valence-electron chi connectivity index (χ2n) is 5.29. The van der Waals surface area contributed by atoms with E-state index in [1.807, 2.05) is 44.2 Å². The van der Waals surface area contributed by atoms with Crippen LogP contribution in [0.25, 0.3) is 10.9 Å². The molecule has 0 spiro atoms. The number of para-hydroxylation sites is 1. The molecule has 0 fully saturated rings. The first-order chi connectivity index (χ1) is 10.5. The molecule has 0 aliphatic carbocycles. The van der Waals surface area contributed by atoms with Crippen LogP contribution >= 0.6 is 0 Å². The molecular formula is C18H16N2O2. The highest BCUT2D eigenvalue weighted by Gasteiger charge is 2.08. The molecule has 0 amide bonds. The third-order valence-corrected chi connectivity index (χ3v) is 3.56. The van der Waals surface area contributed by atoms with Gasteiger partial charge in [-0.15, -0.1) is 0 Å². The van der Waals surface area contributed by atoms with E-state index in [9.17, 15) is 4.79 Å². The van der Waals surface area contributed by atoms with E-state index in [4.69, 9.17) is 5.11 Å². The Morgan fingerprint density at radius 2 is 1.86 bits per heavy atom. The lowest BCUT2D eigenvalue weighted by Gasteiger charge is -2.12. The minimum absolute atomic E-state index is 0.260. The second kappa shape index (κ2) is 5.48. The van der Waals surface area contributed by atoms with E-state index in [1.54, 1.807) is 18.2 Å². The third-order valence-electron chi connectivity index (χ3n) is 3.56. The van der Waals surface area contributed by atoms with Crippen molar-refractivity contribution in [1.29, 1.82) is 0 Å². The van der Waals surface area contributed by atoms with Gasteiger partial charge in [0.05, 0.1) is 11.1 Å². The van der Waals surface area contributed by atoms with Crippen molar-refractivity contribution >= 4 is 28.2 Å². The zero-order valence-electron chi connectivity index (χ0n) is 12.4. The summed E-state index contributed by atoms with van der Waals surface area (Å²) in [6.07, 6.45) is 0. The molecule has 1 heterocycles. The Bertz CT molecular complexity index is 872. The van der Waals surface area contributed by atoms with Gasteiger partial charge in [-0.05, 0) is 43.7 Å². The monoisotopic (exact) mass is 292 g/mol. The molecule has 3 aromatic rings. The SMILES string of the molecule is Cc1cc(Nc2cccc(C(=O)O)c2)c2cccc(C)c2n1. The molecule has 3 rings (SSSR count). The van der Waals surface area contributed by atoms with E-state index < -0.39 is 5.97 Å². The summed E-state index contributed by atoms with van der Waals surface area (Å²) >= 11 is 0. The Morgan fingerprint density at radius 1 is 1.09 bits per heavy atom. The molecule has 110 valence electrons. The van der Waals surface area contributed by atoms with Gasteiger partial charge in [-0.1, -0.05) is 24.3 Å². The number of carboxylic acid groups (broad SMARTS) is 1. The fourth-order valence-corrected chi connectivity index (χ4v) is 2.51. The van der Waals surface area contributed by atoms with E-state index in [2.05, 4.69) is 10.3 Å². The van der Waals surface area contributed by atoms with Crippen LogP contribution in [0.1, 0.15) is 21.6 Å². The van der Waals surface area contributed by atoms with Gasteiger partial charge in [0.15, 0.2) is 0 Å². The Hall–Kier alpha value is -2.88. The quantitative estimate of drug-likeness (QED) is 0.755. The average Bonchev–Trinajstić information content (AvgIpc) is 2.48. The lowest BCUT2D eigenvalue weighted by Crippen LogP contribution is -1.99. The molecule has 0 aliphatic rings. The van der Waals surface area contributed by atoms with E-state index in [0.29, 0.717) is 0 Å². The molecule has 0 saturated heterocycles. The molecule has 2 aromatic carbocycles. The van der Waals surface area contributed by atoms with Crippen LogP contribution in [0.2, 0.25) is 0 Å². The number of carboxylic acids is 1. The number of carbonyl (C=O) groups is 1. The van der Waals surface area contributed by atoms with Gasteiger partial charge < -0.3 is 10.4 Å². The zero-order valence-corrected chi connectivity index (χ0v) is 12.4. The van der Waals surface area contributed by atoms with E-state index in [-0.39, 0.29) is 5.56 Å². The number of hydrogen-bond donors (Lipinski definition) is 2. The first kappa shape index (κ1) is 14.1. The largest absolute Gasteiger partial charge is 0.478 e. The molecule has 1 aromatic heterocycles. The Balaban J connectivity index is 2.09. The van der Waals surface area contributed by atoms with Crippen LogP contribution in [0.5, 0.6) is 0 Å². The van der Waals surface area contributed by atoms with Gasteiger partial charge >= 0.3 is 5.97 Å². The number of aromatic carboxylic acids is 1. The molecule has 4 nitrogen and oxygen atoms in total. The van der Waals surface area contributed by atoms with Crippen LogP contribution in [0.3, 0.4) is 0 Å². The van der Waals surface area contributed by atoms with Gasteiger partial charge in [0.1, 0.15) is 0 Å². The lowest BCUT2D eigenvalue weighted by molar-refractivity contribution is 0.0697. The molecule has 0 saturated carbocycles. The molecule has 4 heteroatoms. The molecule has 0 unspecified atom stereocenters. The van der Waals surface area contributed by atoms with Crippen molar-refractivity contribution in [3.63, 3.8) is 0 Å². The summed E-state index contributed by atoms with van der Waals surface area (Å²) < 4.78 is 0. The predicted molar refractivity (Wildman–Crippen MR) is 87.9 cm³/mol. The van der Waals surface area contributed by atoms with E-state index >= 15 is 0 Å². The standard InChI is InChI=1S/C18H16N2O2/c1-11-5-3-8-15-16(9-12(2)19-17(11)15)20-14-7-4-6-13(10-14)18(21)22/h3-10H,1-2H3,(H,19,20)(H,21,22). The highest BCUT2D eigenvalue weighted by atomic mass is 16.4. The Morgan fingerprint density at radius 3 is 2.64 bits per heavy atom. The summed E-state index contributed by atoms with van der Waals surface area (Å²) in [4.78, 5) is 15.7. The normalized spacial score (nSPS) is 10.6. The van der Waals surface area contributed by atoms with E-state index in [0.717, 1.165) is 33.5 Å². The van der Waals surface area contributed by atoms with Gasteiger partial charge in [0.2, 0.25) is 0 Å². The number of benzene rings is 2. The molecule has 2 N–H and O–H groups in total. The predicted octanol–water partition coefficient (Wildman–Crippen LogP) is 4.29. The van der Waals surface area contributed by atoms with Crippen molar-refractivity contribution in [2.45, 2.75) is 13.8 Å². The molecule has 22 heavy (non-hydrogen) atoms. The van der Waals surface area contributed by atoms with Crippen molar-refractivity contribution in [3.8, 4) is 0 Å². The van der Waals surface area contributed by atoms with Crippen LogP contribution in [-0.4, -0.2) is 16.1 Å². The first-order valence-electron chi connectivity index (χ1n) is 7.02. The topological polar surface area (TPSA) is 62.2 Å². The average molecular weight is 292 g/mol. The Labute approximate surface area is 128 Å². The fourth-order valence-electron chi connectivity index (χ4n) is 2.51. The van der Waals surface area contributed by atoms with Crippen molar-refractivity contribution in [1.82, 2.24) is 4.98 Å². The molecule has 0 bridgehead atoms. The molecule has 0 radical (unpaired) electrons. The minimum Gasteiger partial charge on any atom is -0.478 e. The number of fused-ring (bicyclic) bond motifs is 1. The number of pyridine rings is 1. The van der Waals surface area contributed by atoms with Crippen LogP contribution in [0.15, 0.2) is 48.5 Å². The highest BCUT2D eigenvalue weighted by Crippen LogP contribution is 2.28. The summed E-state index contributed by atoms with van der Waals surface area (Å²) in [6.45, 7) is 3.98. The zero-order chi connectivity index (χ0) is 15.7.